The molecule has 0 atom stereocenters. The van der Waals surface area contributed by atoms with Crippen molar-refractivity contribution in [3.05, 3.63) is 40.9 Å². The van der Waals surface area contributed by atoms with Crippen LogP contribution in [0.2, 0.25) is 5.02 Å². The summed E-state index contributed by atoms with van der Waals surface area (Å²) in [6, 6.07) is 7.67. The van der Waals surface area contributed by atoms with Gasteiger partial charge in [-0.2, -0.15) is 0 Å². The first-order chi connectivity index (χ1) is 10.5. The van der Waals surface area contributed by atoms with E-state index >= 15 is 0 Å². The van der Waals surface area contributed by atoms with Crippen LogP contribution in [0.15, 0.2) is 30.3 Å². The Morgan fingerprint density at radius 1 is 1.23 bits per heavy atom. The number of hydrogen-bond donors (Lipinski definition) is 1. The first-order valence-corrected chi connectivity index (χ1v) is 7.84. The normalized spacial score (nSPS) is 16.5. The molecule has 1 N–H and O–H groups in total. The van der Waals surface area contributed by atoms with Crippen molar-refractivity contribution in [3.63, 3.8) is 0 Å². The molecule has 1 saturated heterocycles. The van der Waals surface area contributed by atoms with Crippen LogP contribution in [0.5, 0.6) is 0 Å². The lowest BCUT2D eigenvalue weighted by Gasteiger charge is -2.31. The Morgan fingerprint density at radius 3 is 2.45 bits per heavy atom. The van der Waals surface area contributed by atoms with Crippen LogP contribution in [0.4, 0.5) is 0 Å². The molecular weight excluding hydrogens is 300 g/mol. The van der Waals surface area contributed by atoms with Crippen molar-refractivity contribution in [1.82, 2.24) is 10.2 Å². The van der Waals surface area contributed by atoms with Crippen LogP contribution in [0.1, 0.15) is 32.3 Å². The Hall–Kier alpha value is -1.81. The van der Waals surface area contributed by atoms with Crippen LogP contribution in [0, 0.1) is 0 Å². The molecule has 1 aliphatic rings. The van der Waals surface area contributed by atoms with Crippen molar-refractivity contribution >= 4 is 29.0 Å². The molecule has 0 spiro atoms. The molecule has 1 aromatic rings. The molecule has 0 aliphatic carbocycles. The van der Waals surface area contributed by atoms with Gasteiger partial charge in [-0.25, -0.2) is 0 Å². The van der Waals surface area contributed by atoms with E-state index in [0.29, 0.717) is 18.1 Å². The summed E-state index contributed by atoms with van der Waals surface area (Å²) in [6.07, 6.45) is 3.23. The lowest BCUT2D eigenvalue weighted by Crippen LogP contribution is -2.45. The summed E-state index contributed by atoms with van der Waals surface area (Å²) < 4.78 is 0. The number of amides is 2. The Labute approximate surface area is 136 Å². The van der Waals surface area contributed by atoms with Gasteiger partial charge in [0.1, 0.15) is 0 Å². The summed E-state index contributed by atoms with van der Waals surface area (Å²) in [6.45, 7) is 4.74. The number of benzene rings is 1. The van der Waals surface area contributed by atoms with E-state index in [1.54, 1.807) is 6.08 Å². The molecule has 5 heteroatoms. The molecule has 22 heavy (non-hydrogen) atoms. The van der Waals surface area contributed by atoms with Crippen molar-refractivity contribution in [2.75, 3.05) is 13.1 Å². The zero-order valence-corrected chi connectivity index (χ0v) is 13.7. The van der Waals surface area contributed by atoms with E-state index in [4.69, 9.17) is 11.6 Å². The Kier molecular flexibility index (Phi) is 5.61. The standard InChI is InChI=1S/C17H21ClN2O2/c1-12(15-5-3-4-6-16(15)18)11-17(22)20-9-7-14(8-10-20)19-13(2)21/h3-6,11,14H,7-10H2,1-2H3,(H,19,21). The summed E-state index contributed by atoms with van der Waals surface area (Å²) in [7, 11) is 0. The van der Waals surface area contributed by atoms with Gasteiger partial charge in [0.25, 0.3) is 0 Å². The summed E-state index contributed by atoms with van der Waals surface area (Å²) in [5.74, 6) is -0.0158. The SMILES string of the molecule is CC(=O)NC1CCN(C(=O)C=C(C)c2ccccc2Cl)CC1. The fraction of sp³-hybridized carbons (Fsp3) is 0.412. The predicted molar refractivity (Wildman–Crippen MR) is 88.5 cm³/mol. The van der Waals surface area contributed by atoms with Crippen molar-refractivity contribution in [2.45, 2.75) is 32.7 Å². The Bertz CT molecular complexity index is 590. The average molecular weight is 321 g/mol. The number of rotatable bonds is 3. The zero-order valence-electron chi connectivity index (χ0n) is 12.9. The first-order valence-electron chi connectivity index (χ1n) is 7.46. The second kappa shape index (κ2) is 7.45. The van der Waals surface area contributed by atoms with Crippen molar-refractivity contribution in [3.8, 4) is 0 Å². The fourth-order valence-electron chi connectivity index (χ4n) is 2.67. The van der Waals surface area contributed by atoms with Gasteiger partial charge in [-0.15, -0.1) is 0 Å². The second-order valence-corrected chi connectivity index (χ2v) is 6.01. The van der Waals surface area contributed by atoms with Crippen LogP contribution in [-0.2, 0) is 9.59 Å². The molecule has 0 radical (unpaired) electrons. The van der Waals surface area contributed by atoms with Crippen LogP contribution in [0.3, 0.4) is 0 Å². The number of nitrogens with one attached hydrogen (secondary N) is 1. The quantitative estimate of drug-likeness (QED) is 0.871. The molecule has 1 fully saturated rings. The third kappa shape index (κ3) is 4.34. The monoisotopic (exact) mass is 320 g/mol. The summed E-state index contributed by atoms with van der Waals surface area (Å²) >= 11 is 6.15. The van der Waals surface area contributed by atoms with Gasteiger partial charge < -0.3 is 10.2 Å². The van der Waals surface area contributed by atoms with Crippen molar-refractivity contribution in [1.29, 1.82) is 0 Å². The summed E-state index contributed by atoms with van der Waals surface area (Å²) in [4.78, 5) is 25.2. The lowest BCUT2D eigenvalue weighted by atomic mass is 10.0. The highest BCUT2D eigenvalue weighted by Gasteiger charge is 2.22. The number of nitrogens with zero attached hydrogens (tertiary/aromatic N) is 1. The molecular formula is C17H21ClN2O2. The summed E-state index contributed by atoms with van der Waals surface area (Å²) in [5.41, 5.74) is 1.74. The third-order valence-corrected chi connectivity index (χ3v) is 4.18. The van der Waals surface area contributed by atoms with E-state index < -0.39 is 0 Å². The minimum absolute atomic E-state index is 0.00121. The van der Waals surface area contributed by atoms with E-state index in [1.807, 2.05) is 36.1 Å². The maximum absolute atomic E-state index is 12.3. The van der Waals surface area contributed by atoms with E-state index in [1.165, 1.54) is 6.92 Å². The van der Waals surface area contributed by atoms with Gasteiger partial charge in [-0.3, -0.25) is 9.59 Å². The molecule has 1 aliphatic heterocycles. The van der Waals surface area contributed by atoms with Gasteiger partial charge in [0, 0.05) is 37.2 Å². The Morgan fingerprint density at radius 2 is 1.86 bits per heavy atom. The van der Waals surface area contributed by atoms with Gasteiger partial charge in [0.2, 0.25) is 11.8 Å². The molecule has 0 saturated carbocycles. The van der Waals surface area contributed by atoms with Crippen LogP contribution in [-0.4, -0.2) is 35.8 Å². The van der Waals surface area contributed by atoms with Gasteiger partial charge in [-0.05, 0) is 37.0 Å². The van der Waals surface area contributed by atoms with Gasteiger partial charge in [0.05, 0.1) is 0 Å². The van der Waals surface area contributed by atoms with E-state index in [2.05, 4.69) is 5.32 Å². The molecule has 1 aromatic carbocycles. The molecule has 0 unspecified atom stereocenters. The largest absolute Gasteiger partial charge is 0.353 e. The number of carbonyl (C=O) groups is 2. The van der Waals surface area contributed by atoms with Gasteiger partial charge in [-0.1, -0.05) is 29.8 Å². The average Bonchev–Trinajstić information content (AvgIpc) is 2.47. The van der Waals surface area contributed by atoms with Gasteiger partial charge >= 0.3 is 0 Å². The number of allylic oxidation sites excluding steroid dienone is 1. The van der Waals surface area contributed by atoms with E-state index in [-0.39, 0.29) is 17.9 Å². The number of piperidine rings is 1. The van der Waals surface area contributed by atoms with Crippen LogP contribution < -0.4 is 5.32 Å². The van der Waals surface area contributed by atoms with Crippen LogP contribution >= 0.6 is 11.6 Å². The fourth-order valence-corrected chi connectivity index (χ4v) is 2.95. The molecule has 118 valence electrons. The van der Waals surface area contributed by atoms with Crippen molar-refractivity contribution in [2.24, 2.45) is 0 Å². The highest BCUT2D eigenvalue weighted by molar-refractivity contribution is 6.32. The molecule has 4 nitrogen and oxygen atoms in total. The molecule has 0 aromatic heterocycles. The third-order valence-electron chi connectivity index (χ3n) is 3.85. The first kappa shape index (κ1) is 16.6. The molecule has 2 rings (SSSR count). The minimum Gasteiger partial charge on any atom is -0.353 e. The van der Waals surface area contributed by atoms with E-state index in [0.717, 1.165) is 24.0 Å². The molecule has 1 heterocycles. The second-order valence-electron chi connectivity index (χ2n) is 5.61. The number of carbonyl (C=O) groups excluding carboxylic acids is 2. The number of likely N-dealkylation sites (tertiary alicyclic amines) is 1. The molecule has 2 amide bonds. The Balaban J connectivity index is 1.97. The van der Waals surface area contributed by atoms with Gasteiger partial charge in [0.15, 0.2) is 0 Å². The predicted octanol–water partition coefficient (Wildman–Crippen LogP) is 2.87. The molecule has 0 bridgehead atoms. The minimum atomic E-state index is -0.0146. The van der Waals surface area contributed by atoms with E-state index in [9.17, 15) is 9.59 Å². The highest BCUT2D eigenvalue weighted by atomic mass is 35.5. The maximum Gasteiger partial charge on any atom is 0.246 e. The number of halogens is 1. The lowest BCUT2D eigenvalue weighted by molar-refractivity contribution is -0.127. The summed E-state index contributed by atoms with van der Waals surface area (Å²) in [5, 5.41) is 3.55. The smallest absolute Gasteiger partial charge is 0.246 e. The number of hydrogen-bond acceptors (Lipinski definition) is 2. The highest BCUT2D eigenvalue weighted by Crippen LogP contribution is 2.23. The van der Waals surface area contributed by atoms with Crippen molar-refractivity contribution < 1.29 is 9.59 Å². The topological polar surface area (TPSA) is 49.4 Å². The van der Waals surface area contributed by atoms with Crippen LogP contribution in [0.25, 0.3) is 5.57 Å². The maximum atomic E-state index is 12.3. The zero-order chi connectivity index (χ0) is 16.1.